The second-order valence-electron chi connectivity index (χ2n) is 6.73. The van der Waals surface area contributed by atoms with Crippen molar-refractivity contribution in [2.24, 2.45) is 4.99 Å². The minimum atomic E-state index is 0. The zero-order valence-electron chi connectivity index (χ0n) is 18.0. The van der Waals surface area contributed by atoms with Gasteiger partial charge in [-0.1, -0.05) is 38.1 Å². The molecule has 1 aromatic carbocycles. The number of guanidine groups is 1. The molecule has 1 unspecified atom stereocenters. The molecule has 0 saturated heterocycles. The number of aryl methyl sites for hydroxylation is 1. The maximum atomic E-state index is 4.83. The predicted molar refractivity (Wildman–Crippen MR) is 143 cm³/mol. The van der Waals surface area contributed by atoms with E-state index in [4.69, 9.17) is 4.99 Å². The number of rotatable bonds is 11. The molecule has 0 amide bonds. The molecule has 0 fully saturated rings. The molecule has 3 aromatic rings. The van der Waals surface area contributed by atoms with E-state index in [1.807, 2.05) is 17.8 Å². The standard InChI is InChI=1S/C22H30N6S2.HI/c1-3-19(20-11-8-15-30-20)26-22(23-12-14-28-17-25-27-21(28)4-2)24-13-16-29-18-9-6-5-7-10-18;/h5-11,15,17,19H,3-4,12-14,16H2,1-2H3,(H2,23,24,26);1H. The van der Waals surface area contributed by atoms with Crippen LogP contribution in [0.5, 0.6) is 0 Å². The van der Waals surface area contributed by atoms with Gasteiger partial charge in [0.05, 0.1) is 12.6 Å². The van der Waals surface area contributed by atoms with Gasteiger partial charge in [-0.15, -0.1) is 57.3 Å². The SMILES string of the molecule is CCc1nncn1CCN=C(NCCSc1ccccc1)NC(CC)c1cccs1.I. The number of nitrogens with zero attached hydrogens (tertiary/aromatic N) is 4. The van der Waals surface area contributed by atoms with Crippen LogP contribution in [-0.4, -0.2) is 39.6 Å². The van der Waals surface area contributed by atoms with Crippen molar-refractivity contribution in [3.63, 3.8) is 0 Å². The van der Waals surface area contributed by atoms with Crippen molar-refractivity contribution in [2.75, 3.05) is 18.8 Å². The van der Waals surface area contributed by atoms with E-state index in [9.17, 15) is 0 Å². The monoisotopic (exact) mass is 570 g/mol. The lowest BCUT2D eigenvalue weighted by Crippen LogP contribution is -2.40. The van der Waals surface area contributed by atoms with Crippen LogP contribution in [0.4, 0.5) is 0 Å². The van der Waals surface area contributed by atoms with Crippen LogP contribution < -0.4 is 10.6 Å². The van der Waals surface area contributed by atoms with Crippen molar-refractivity contribution in [2.45, 2.75) is 44.2 Å². The lowest BCUT2D eigenvalue weighted by atomic mass is 10.2. The summed E-state index contributed by atoms with van der Waals surface area (Å²) in [5.74, 6) is 2.83. The second kappa shape index (κ2) is 14.5. The Morgan fingerprint density at radius 1 is 1.19 bits per heavy atom. The van der Waals surface area contributed by atoms with Gasteiger partial charge < -0.3 is 15.2 Å². The van der Waals surface area contributed by atoms with Crippen LogP contribution in [0.2, 0.25) is 0 Å². The first kappa shape index (κ1) is 25.7. The third-order valence-electron chi connectivity index (χ3n) is 4.64. The number of halogens is 1. The molecule has 0 aliphatic rings. The van der Waals surface area contributed by atoms with Crippen LogP contribution in [0, 0.1) is 0 Å². The highest BCUT2D eigenvalue weighted by molar-refractivity contribution is 14.0. The van der Waals surface area contributed by atoms with Crippen LogP contribution in [0.15, 0.2) is 64.1 Å². The van der Waals surface area contributed by atoms with Crippen LogP contribution in [0.3, 0.4) is 0 Å². The molecule has 2 heterocycles. The number of nitrogens with one attached hydrogen (secondary N) is 2. The number of thioether (sulfide) groups is 1. The van der Waals surface area contributed by atoms with Gasteiger partial charge in [0.1, 0.15) is 12.2 Å². The Morgan fingerprint density at radius 2 is 2.03 bits per heavy atom. The highest BCUT2D eigenvalue weighted by Gasteiger charge is 2.12. The molecule has 0 aliphatic heterocycles. The number of aromatic nitrogens is 3. The van der Waals surface area contributed by atoms with E-state index in [0.717, 1.165) is 43.5 Å². The highest BCUT2D eigenvalue weighted by atomic mass is 127. The Labute approximate surface area is 210 Å². The van der Waals surface area contributed by atoms with Gasteiger partial charge in [-0.2, -0.15) is 0 Å². The summed E-state index contributed by atoms with van der Waals surface area (Å²) in [6.45, 7) is 6.59. The average Bonchev–Trinajstić information content (AvgIpc) is 3.47. The summed E-state index contributed by atoms with van der Waals surface area (Å²) < 4.78 is 2.07. The summed E-state index contributed by atoms with van der Waals surface area (Å²) in [7, 11) is 0. The Hall–Kier alpha value is -1.59. The minimum Gasteiger partial charge on any atom is -0.356 e. The number of hydrogen-bond donors (Lipinski definition) is 2. The minimum absolute atomic E-state index is 0. The quantitative estimate of drug-likeness (QED) is 0.112. The van der Waals surface area contributed by atoms with Gasteiger partial charge >= 0.3 is 0 Å². The topological polar surface area (TPSA) is 67.1 Å². The van der Waals surface area contributed by atoms with E-state index >= 15 is 0 Å². The third-order valence-corrected chi connectivity index (χ3v) is 6.63. The smallest absolute Gasteiger partial charge is 0.191 e. The number of aliphatic imine (C=N–C) groups is 1. The number of hydrogen-bond acceptors (Lipinski definition) is 5. The lowest BCUT2D eigenvalue weighted by molar-refractivity contribution is 0.612. The average molecular weight is 571 g/mol. The van der Waals surface area contributed by atoms with E-state index in [0.29, 0.717) is 6.54 Å². The van der Waals surface area contributed by atoms with Crippen molar-refractivity contribution >= 4 is 53.0 Å². The molecule has 2 aromatic heterocycles. The fourth-order valence-corrected chi connectivity index (χ4v) is 4.70. The highest BCUT2D eigenvalue weighted by Crippen LogP contribution is 2.21. The van der Waals surface area contributed by atoms with E-state index in [-0.39, 0.29) is 30.0 Å². The summed E-state index contributed by atoms with van der Waals surface area (Å²) in [5, 5.41) is 17.4. The van der Waals surface area contributed by atoms with E-state index in [1.165, 1.54) is 9.77 Å². The Balaban J connectivity index is 0.00000341. The molecule has 168 valence electrons. The van der Waals surface area contributed by atoms with Gasteiger partial charge in [-0.05, 0) is 30.0 Å². The number of thiophene rings is 1. The van der Waals surface area contributed by atoms with E-state index in [2.05, 4.69) is 81.0 Å². The maximum Gasteiger partial charge on any atom is 0.191 e. The molecule has 0 saturated carbocycles. The molecule has 0 aliphatic carbocycles. The van der Waals surface area contributed by atoms with Crippen molar-refractivity contribution < 1.29 is 0 Å². The molecule has 1 atom stereocenters. The first-order valence-electron chi connectivity index (χ1n) is 10.4. The Morgan fingerprint density at radius 3 is 2.74 bits per heavy atom. The second-order valence-corrected chi connectivity index (χ2v) is 8.88. The molecule has 0 spiro atoms. The van der Waals surface area contributed by atoms with Gasteiger partial charge in [-0.25, -0.2) is 0 Å². The van der Waals surface area contributed by atoms with Crippen molar-refractivity contribution in [1.82, 2.24) is 25.4 Å². The van der Waals surface area contributed by atoms with Gasteiger partial charge in [-0.3, -0.25) is 4.99 Å². The Kier molecular flexibility index (Phi) is 12.0. The van der Waals surface area contributed by atoms with Crippen LogP contribution in [0.1, 0.15) is 37.0 Å². The molecular formula is C22H31IN6S2. The van der Waals surface area contributed by atoms with Gasteiger partial charge in [0, 0.05) is 35.0 Å². The summed E-state index contributed by atoms with van der Waals surface area (Å²) >= 11 is 3.63. The molecule has 9 heteroatoms. The lowest BCUT2D eigenvalue weighted by Gasteiger charge is -2.20. The van der Waals surface area contributed by atoms with Crippen LogP contribution in [-0.2, 0) is 13.0 Å². The molecular weight excluding hydrogens is 539 g/mol. The van der Waals surface area contributed by atoms with Gasteiger partial charge in [0.2, 0.25) is 0 Å². The molecule has 0 radical (unpaired) electrons. The molecule has 6 nitrogen and oxygen atoms in total. The van der Waals surface area contributed by atoms with Crippen molar-refractivity contribution in [3.05, 3.63) is 64.9 Å². The first-order valence-corrected chi connectivity index (χ1v) is 12.3. The zero-order chi connectivity index (χ0) is 21.0. The van der Waals surface area contributed by atoms with E-state index in [1.54, 1.807) is 17.7 Å². The maximum absolute atomic E-state index is 4.83. The molecule has 0 bridgehead atoms. The summed E-state index contributed by atoms with van der Waals surface area (Å²) in [4.78, 5) is 7.45. The molecule has 31 heavy (non-hydrogen) atoms. The van der Waals surface area contributed by atoms with Crippen molar-refractivity contribution in [1.29, 1.82) is 0 Å². The summed E-state index contributed by atoms with van der Waals surface area (Å²) in [6, 6.07) is 15.0. The first-order chi connectivity index (χ1) is 14.8. The Bertz CT molecular complexity index is 883. The van der Waals surface area contributed by atoms with Crippen LogP contribution >= 0.6 is 47.1 Å². The van der Waals surface area contributed by atoms with E-state index < -0.39 is 0 Å². The van der Waals surface area contributed by atoms with Gasteiger partial charge in [0.25, 0.3) is 0 Å². The molecule has 3 rings (SSSR count). The van der Waals surface area contributed by atoms with Crippen LogP contribution in [0.25, 0.3) is 0 Å². The fourth-order valence-electron chi connectivity index (χ4n) is 3.05. The largest absolute Gasteiger partial charge is 0.356 e. The van der Waals surface area contributed by atoms with Gasteiger partial charge in [0.15, 0.2) is 5.96 Å². The van der Waals surface area contributed by atoms with Crippen molar-refractivity contribution in [3.8, 4) is 0 Å². The molecule has 2 N–H and O–H groups in total. The fraction of sp³-hybridized carbons (Fsp3) is 0.409. The zero-order valence-corrected chi connectivity index (χ0v) is 22.0. The summed E-state index contributed by atoms with van der Waals surface area (Å²) in [5.41, 5.74) is 0. The third kappa shape index (κ3) is 8.46. The number of benzene rings is 1. The summed E-state index contributed by atoms with van der Waals surface area (Å²) in [6.07, 6.45) is 3.66. The normalized spacial score (nSPS) is 12.3. The predicted octanol–water partition coefficient (Wildman–Crippen LogP) is 5.00.